The predicted molar refractivity (Wildman–Crippen MR) is 142 cm³/mol. The van der Waals surface area contributed by atoms with E-state index in [1.54, 1.807) is 17.5 Å². The number of amides is 1. The number of nitrogens with zero attached hydrogens (tertiary/aromatic N) is 5. The molecule has 1 saturated heterocycles. The summed E-state index contributed by atoms with van der Waals surface area (Å²) < 4.78 is 1.89. The Hall–Kier alpha value is -3.07. The molecule has 1 amide bonds. The standard InChI is InChI=1S/C27H32N6OS/c1-19(2)33-26-22(17-28-33)21(16-23(29-26)25-10-7-15-35-25)27(34)30-24(20-8-5-4-6-9-20)18-32-13-11-31(3)12-14-32/h4-10,15-17,19,24H,11-14,18H2,1-3H3,(H,30,34). The van der Waals surface area contributed by atoms with Crippen molar-refractivity contribution in [2.24, 2.45) is 0 Å². The van der Waals surface area contributed by atoms with E-state index in [9.17, 15) is 4.79 Å². The number of likely N-dealkylation sites (N-methyl/N-ethyl adjacent to an activating group) is 1. The molecule has 1 atom stereocenters. The van der Waals surface area contributed by atoms with Crippen LogP contribution in [0.3, 0.4) is 0 Å². The van der Waals surface area contributed by atoms with E-state index in [4.69, 9.17) is 4.98 Å². The summed E-state index contributed by atoms with van der Waals surface area (Å²) in [5.74, 6) is -0.0958. The van der Waals surface area contributed by atoms with Crippen molar-refractivity contribution in [2.45, 2.75) is 25.9 Å². The Morgan fingerprint density at radius 3 is 2.54 bits per heavy atom. The van der Waals surface area contributed by atoms with E-state index >= 15 is 0 Å². The molecule has 0 saturated carbocycles. The van der Waals surface area contributed by atoms with Gasteiger partial charge in [0.2, 0.25) is 0 Å². The first-order valence-corrected chi connectivity index (χ1v) is 13.1. The normalized spacial score (nSPS) is 16.1. The van der Waals surface area contributed by atoms with Crippen molar-refractivity contribution in [3.05, 3.63) is 71.2 Å². The quantitative estimate of drug-likeness (QED) is 0.416. The van der Waals surface area contributed by atoms with Crippen molar-refractivity contribution in [3.8, 4) is 10.6 Å². The van der Waals surface area contributed by atoms with Crippen LogP contribution in [0.15, 0.2) is 60.1 Å². The average molecular weight is 489 g/mol. The van der Waals surface area contributed by atoms with Crippen LogP contribution in [-0.2, 0) is 0 Å². The highest BCUT2D eigenvalue weighted by Gasteiger charge is 2.24. The lowest BCUT2D eigenvalue weighted by atomic mass is 10.0. The number of carbonyl (C=O) groups is 1. The number of fused-ring (bicyclic) bond motifs is 1. The van der Waals surface area contributed by atoms with Crippen molar-refractivity contribution in [3.63, 3.8) is 0 Å². The van der Waals surface area contributed by atoms with E-state index in [0.717, 1.165) is 59.9 Å². The minimum Gasteiger partial charge on any atom is -0.344 e. The van der Waals surface area contributed by atoms with Crippen molar-refractivity contribution >= 4 is 28.3 Å². The zero-order chi connectivity index (χ0) is 24.4. The Morgan fingerprint density at radius 1 is 1.09 bits per heavy atom. The number of rotatable bonds is 7. The van der Waals surface area contributed by atoms with Crippen LogP contribution >= 0.6 is 11.3 Å². The number of aromatic nitrogens is 3. The Morgan fingerprint density at radius 2 is 1.86 bits per heavy atom. The van der Waals surface area contributed by atoms with Crippen molar-refractivity contribution < 1.29 is 4.79 Å². The van der Waals surface area contributed by atoms with Gasteiger partial charge in [0.15, 0.2) is 5.65 Å². The lowest BCUT2D eigenvalue weighted by Crippen LogP contribution is -2.47. The molecule has 8 heteroatoms. The molecular formula is C27H32N6OS. The molecule has 0 spiro atoms. The molecule has 0 radical (unpaired) electrons. The second kappa shape index (κ2) is 10.3. The maximum atomic E-state index is 13.8. The maximum absolute atomic E-state index is 13.8. The Bertz CT molecular complexity index is 1280. The van der Waals surface area contributed by atoms with Gasteiger partial charge in [-0.1, -0.05) is 36.4 Å². The molecule has 0 aliphatic carbocycles. The van der Waals surface area contributed by atoms with E-state index in [-0.39, 0.29) is 18.0 Å². The smallest absolute Gasteiger partial charge is 0.252 e. The molecular weight excluding hydrogens is 456 g/mol. The first kappa shape index (κ1) is 23.7. The first-order valence-electron chi connectivity index (χ1n) is 12.2. The van der Waals surface area contributed by atoms with Gasteiger partial charge in [0.05, 0.1) is 33.8 Å². The molecule has 35 heavy (non-hydrogen) atoms. The van der Waals surface area contributed by atoms with E-state index < -0.39 is 0 Å². The third-order valence-electron chi connectivity index (χ3n) is 6.62. The zero-order valence-electron chi connectivity index (χ0n) is 20.5. The van der Waals surface area contributed by atoms with E-state index in [2.05, 4.69) is 53.2 Å². The van der Waals surface area contributed by atoms with Crippen LogP contribution < -0.4 is 5.32 Å². The Balaban J connectivity index is 1.50. The zero-order valence-corrected chi connectivity index (χ0v) is 21.3. The van der Waals surface area contributed by atoms with Gasteiger partial charge in [-0.05, 0) is 44.0 Å². The monoisotopic (exact) mass is 488 g/mol. The van der Waals surface area contributed by atoms with Crippen LogP contribution in [0.5, 0.6) is 0 Å². The molecule has 1 aliphatic rings. The summed E-state index contributed by atoms with van der Waals surface area (Å²) >= 11 is 1.62. The number of piperazine rings is 1. The summed E-state index contributed by atoms with van der Waals surface area (Å²) in [5.41, 5.74) is 3.27. The molecule has 182 valence electrons. The van der Waals surface area contributed by atoms with Gasteiger partial charge >= 0.3 is 0 Å². The summed E-state index contributed by atoms with van der Waals surface area (Å²) in [4.78, 5) is 24.6. The minimum atomic E-state index is -0.111. The number of nitrogens with one attached hydrogen (secondary N) is 1. The molecule has 3 aromatic heterocycles. The van der Waals surface area contributed by atoms with Gasteiger partial charge in [-0.25, -0.2) is 9.67 Å². The van der Waals surface area contributed by atoms with E-state index in [1.165, 1.54) is 0 Å². The summed E-state index contributed by atoms with van der Waals surface area (Å²) in [6.07, 6.45) is 1.77. The third-order valence-corrected chi connectivity index (χ3v) is 7.51. The van der Waals surface area contributed by atoms with Crippen LogP contribution in [0.25, 0.3) is 21.6 Å². The van der Waals surface area contributed by atoms with Crippen LogP contribution in [0.4, 0.5) is 0 Å². The lowest BCUT2D eigenvalue weighted by molar-refractivity contribution is 0.0909. The predicted octanol–water partition coefficient (Wildman–Crippen LogP) is 4.46. The molecule has 5 rings (SSSR count). The number of pyridine rings is 1. The lowest BCUT2D eigenvalue weighted by Gasteiger charge is -2.35. The van der Waals surface area contributed by atoms with Gasteiger partial charge in [0.25, 0.3) is 5.91 Å². The number of benzene rings is 1. The van der Waals surface area contributed by atoms with Gasteiger partial charge in [-0.2, -0.15) is 5.10 Å². The van der Waals surface area contributed by atoms with Gasteiger partial charge in [0, 0.05) is 38.8 Å². The van der Waals surface area contributed by atoms with Crippen LogP contribution in [0.2, 0.25) is 0 Å². The summed E-state index contributed by atoms with van der Waals surface area (Å²) in [5, 5.41) is 10.7. The topological polar surface area (TPSA) is 66.3 Å². The minimum absolute atomic E-state index is 0.0958. The van der Waals surface area contributed by atoms with Gasteiger partial charge in [-0.3, -0.25) is 9.69 Å². The van der Waals surface area contributed by atoms with Gasteiger partial charge in [-0.15, -0.1) is 11.3 Å². The second-order valence-corrected chi connectivity index (χ2v) is 10.4. The van der Waals surface area contributed by atoms with Crippen LogP contribution in [-0.4, -0.2) is 70.2 Å². The molecule has 1 fully saturated rings. The third kappa shape index (κ3) is 5.15. The molecule has 0 bridgehead atoms. The second-order valence-electron chi connectivity index (χ2n) is 9.49. The van der Waals surface area contributed by atoms with E-state index in [1.807, 2.05) is 46.5 Å². The van der Waals surface area contributed by atoms with Gasteiger partial charge in [0.1, 0.15) is 0 Å². The highest BCUT2D eigenvalue weighted by Crippen LogP contribution is 2.29. The number of carbonyl (C=O) groups excluding carboxylic acids is 1. The molecule has 1 unspecified atom stereocenters. The number of hydrogen-bond acceptors (Lipinski definition) is 6. The Kier molecular flexibility index (Phi) is 6.95. The molecule has 4 heterocycles. The van der Waals surface area contributed by atoms with E-state index in [0.29, 0.717) is 5.56 Å². The number of thiophene rings is 1. The average Bonchev–Trinajstić information content (AvgIpc) is 3.55. The first-order chi connectivity index (χ1) is 17.0. The fraction of sp³-hybridized carbons (Fsp3) is 0.370. The molecule has 4 aromatic rings. The molecule has 1 aromatic carbocycles. The van der Waals surface area contributed by atoms with Crippen molar-refractivity contribution in [1.29, 1.82) is 0 Å². The summed E-state index contributed by atoms with van der Waals surface area (Å²) in [7, 11) is 2.16. The fourth-order valence-electron chi connectivity index (χ4n) is 4.58. The van der Waals surface area contributed by atoms with Crippen LogP contribution in [0, 0.1) is 0 Å². The number of hydrogen-bond donors (Lipinski definition) is 1. The summed E-state index contributed by atoms with van der Waals surface area (Å²) in [6, 6.07) is 16.3. The van der Waals surface area contributed by atoms with Crippen LogP contribution in [0.1, 0.15) is 41.9 Å². The SMILES string of the molecule is CC(C)n1ncc2c(C(=O)NC(CN3CCN(C)CC3)c3ccccc3)cc(-c3cccs3)nc21. The largest absolute Gasteiger partial charge is 0.344 e. The fourth-order valence-corrected chi connectivity index (χ4v) is 5.26. The van der Waals surface area contributed by atoms with Gasteiger partial charge < -0.3 is 10.2 Å². The highest BCUT2D eigenvalue weighted by atomic mass is 32.1. The Labute approximate surface area is 210 Å². The maximum Gasteiger partial charge on any atom is 0.252 e. The molecule has 1 N–H and O–H groups in total. The highest BCUT2D eigenvalue weighted by molar-refractivity contribution is 7.13. The molecule has 7 nitrogen and oxygen atoms in total. The molecule has 1 aliphatic heterocycles. The summed E-state index contributed by atoms with van der Waals surface area (Å²) in [6.45, 7) is 9.01. The van der Waals surface area contributed by atoms with Crippen molar-refractivity contribution in [2.75, 3.05) is 39.8 Å². The van der Waals surface area contributed by atoms with Crippen molar-refractivity contribution in [1.82, 2.24) is 29.9 Å².